The minimum atomic E-state index is 0. The van der Waals surface area contributed by atoms with Gasteiger partial charge in [0.15, 0.2) is 0 Å². The molecule has 0 radical (unpaired) electrons. The van der Waals surface area contributed by atoms with E-state index in [2.05, 4.69) is 57.3 Å². The Morgan fingerprint density at radius 1 is 1.12 bits per heavy atom. The zero-order valence-electron chi connectivity index (χ0n) is 9.86. The molecule has 17 heavy (non-hydrogen) atoms. The van der Waals surface area contributed by atoms with E-state index in [1.807, 2.05) is 0 Å². The maximum absolute atomic E-state index is 3.47. The molecule has 98 valence electrons. The van der Waals surface area contributed by atoms with Gasteiger partial charge < -0.3 is 5.32 Å². The van der Waals surface area contributed by atoms with Crippen molar-refractivity contribution in [3.05, 3.63) is 34.3 Å². The van der Waals surface area contributed by atoms with E-state index in [1.165, 1.54) is 5.56 Å². The van der Waals surface area contributed by atoms with Crippen molar-refractivity contribution in [2.75, 3.05) is 26.2 Å². The summed E-state index contributed by atoms with van der Waals surface area (Å²) in [7, 11) is 0. The van der Waals surface area contributed by atoms with Gasteiger partial charge in [-0.15, -0.1) is 24.8 Å². The second kappa shape index (κ2) is 8.33. The molecule has 0 saturated carbocycles. The van der Waals surface area contributed by atoms with Gasteiger partial charge >= 0.3 is 0 Å². The van der Waals surface area contributed by atoms with Crippen LogP contribution < -0.4 is 5.32 Å². The average molecular weight is 342 g/mol. The summed E-state index contributed by atoms with van der Waals surface area (Å²) in [5, 5.41) is 3.38. The first-order valence-electron chi connectivity index (χ1n) is 5.47. The van der Waals surface area contributed by atoms with Crippen molar-refractivity contribution < 1.29 is 0 Å². The van der Waals surface area contributed by atoms with E-state index < -0.39 is 0 Å². The normalized spacial score (nSPS) is 17.8. The Morgan fingerprint density at radius 2 is 1.65 bits per heavy atom. The van der Waals surface area contributed by atoms with Crippen molar-refractivity contribution in [1.82, 2.24) is 10.2 Å². The molecule has 0 amide bonds. The Balaban J connectivity index is 0.00000128. The number of hydrogen-bond acceptors (Lipinski definition) is 2. The summed E-state index contributed by atoms with van der Waals surface area (Å²) in [6, 6.07) is 9.18. The van der Waals surface area contributed by atoms with Crippen molar-refractivity contribution in [3.63, 3.8) is 0 Å². The zero-order chi connectivity index (χ0) is 10.7. The van der Waals surface area contributed by atoms with Gasteiger partial charge in [-0.3, -0.25) is 4.90 Å². The van der Waals surface area contributed by atoms with Crippen molar-refractivity contribution in [1.29, 1.82) is 0 Å². The molecule has 0 spiro atoms. The van der Waals surface area contributed by atoms with Gasteiger partial charge in [-0.2, -0.15) is 0 Å². The Hall–Kier alpha value is 0.200. The van der Waals surface area contributed by atoms with Crippen LogP contribution in [-0.2, 0) is 0 Å². The maximum atomic E-state index is 3.47. The molecular formula is C12H19BrCl2N2. The second-order valence-electron chi connectivity index (χ2n) is 4.01. The van der Waals surface area contributed by atoms with Crippen LogP contribution >= 0.6 is 40.7 Å². The van der Waals surface area contributed by atoms with Crippen LogP contribution in [0.5, 0.6) is 0 Å². The van der Waals surface area contributed by atoms with Crippen LogP contribution in [0, 0.1) is 0 Å². The molecule has 1 heterocycles. The van der Waals surface area contributed by atoms with E-state index in [0.29, 0.717) is 6.04 Å². The van der Waals surface area contributed by atoms with Crippen LogP contribution in [0.1, 0.15) is 18.5 Å². The van der Waals surface area contributed by atoms with Crippen molar-refractivity contribution in [2.24, 2.45) is 0 Å². The van der Waals surface area contributed by atoms with Crippen LogP contribution in [0.4, 0.5) is 0 Å². The Morgan fingerprint density at radius 3 is 2.18 bits per heavy atom. The third-order valence-corrected chi connectivity index (χ3v) is 3.58. The molecule has 5 heteroatoms. The Kier molecular flexibility index (Phi) is 8.43. The Labute approximate surface area is 124 Å². The molecule has 2 rings (SSSR count). The molecule has 1 aliphatic rings. The van der Waals surface area contributed by atoms with E-state index in [4.69, 9.17) is 0 Å². The van der Waals surface area contributed by atoms with Gasteiger partial charge in [-0.1, -0.05) is 28.1 Å². The topological polar surface area (TPSA) is 15.3 Å². The third kappa shape index (κ3) is 4.76. The third-order valence-electron chi connectivity index (χ3n) is 3.05. The van der Waals surface area contributed by atoms with Gasteiger partial charge in [-0.05, 0) is 24.6 Å². The number of piperazine rings is 1. The summed E-state index contributed by atoms with van der Waals surface area (Å²) in [4.78, 5) is 2.53. The molecule has 1 atom stereocenters. The number of rotatable bonds is 2. The smallest absolute Gasteiger partial charge is 0.0320 e. The summed E-state index contributed by atoms with van der Waals surface area (Å²) in [6.07, 6.45) is 0. The predicted molar refractivity (Wildman–Crippen MR) is 81.5 cm³/mol. The zero-order valence-corrected chi connectivity index (χ0v) is 13.1. The lowest BCUT2D eigenvalue weighted by atomic mass is 10.1. The number of nitrogens with zero attached hydrogens (tertiary/aromatic N) is 1. The van der Waals surface area contributed by atoms with Gasteiger partial charge in [0, 0.05) is 36.7 Å². The molecule has 0 bridgehead atoms. The standard InChI is InChI=1S/C12H17BrN2.2ClH/c1-10(15-8-6-14-7-9-15)11-2-4-12(13)5-3-11;;/h2-5,10,14H,6-9H2,1H3;2*1H/t10-;;/m0../s1. The summed E-state index contributed by atoms with van der Waals surface area (Å²) in [5.74, 6) is 0. The fourth-order valence-electron chi connectivity index (χ4n) is 2.02. The molecule has 2 nitrogen and oxygen atoms in total. The first-order chi connectivity index (χ1) is 7.27. The summed E-state index contributed by atoms with van der Waals surface area (Å²) in [6.45, 7) is 6.81. The second-order valence-corrected chi connectivity index (χ2v) is 4.93. The minimum Gasteiger partial charge on any atom is -0.314 e. The highest BCUT2D eigenvalue weighted by atomic mass is 79.9. The lowest BCUT2D eigenvalue weighted by Crippen LogP contribution is -2.44. The highest BCUT2D eigenvalue weighted by Gasteiger charge is 2.17. The molecule has 0 aliphatic carbocycles. The molecule has 1 saturated heterocycles. The van der Waals surface area contributed by atoms with Gasteiger partial charge in [-0.25, -0.2) is 0 Å². The predicted octanol–water partition coefficient (Wildman–Crippen LogP) is 3.26. The van der Waals surface area contributed by atoms with Gasteiger partial charge in [0.05, 0.1) is 0 Å². The maximum Gasteiger partial charge on any atom is 0.0320 e. The average Bonchev–Trinajstić information content (AvgIpc) is 2.30. The molecule has 0 aromatic heterocycles. The van der Waals surface area contributed by atoms with E-state index in [0.717, 1.165) is 30.7 Å². The molecule has 1 aromatic rings. The molecular weight excluding hydrogens is 323 g/mol. The van der Waals surface area contributed by atoms with Crippen LogP contribution in [0.15, 0.2) is 28.7 Å². The fraction of sp³-hybridized carbons (Fsp3) is 0.500. The fourth-order valence-corrected chi connectivity index (χ4v) is 2.29. The number of nitrogens with one attached hydrogen (secondary N) is 1. The number of halogens is 3. The first-order valence-corrected chi connectivity index (χ1v) is 6.27. The molecule has 1 aromatic carbocycles. The first kappa shape index (κ1) is 17.2. The SMILES string of the molecule is C[C@@H](c1ccc(Br)cc1)N1CCNCC1.Cl.Cl. The number of benzene rings is 1. The summed E-state index contributed by atoms with van der Waals surface area (Å²) < 4.78 is 1.15. The quantitative estimate of drug-likeness (QED) is 0.888. The van der Waals surface area contributed by atoms with Crippen molar-refractivity contribution >= 4 is 40.7 Å². The lowest BCUT2D eigenvalue weighted by Gasteiger charge is -2.33. The van der Waals surface area contributed by atoms with E-state index in [1.54, 1.807) is 0 Å². The van der Waals surface area contributed by atoms with Crippen LogP contribution in [0.25, 0.3) is 0 Å². The summed E-state index contributed by atoms with van der Waals surface area (Å²) in [5.41, 5.74) is 1.40. The van der Waals surface area contributed by atoms with E-state index >= 15 is 0 Å². The molecule has 1 fully saturated rings. The highest BCUT2D eigenvalue weighted by Crippen LogP contribution is 2.22. The summed E-state index contributed by atoms with van der Waals surface area (Å²) >= 11 is 3.47. The van der Waals surface area contributed by atoms with Crippen molar-refractivity contribution in [3.8, 4) is 0 Å². The van der Waals surface area contributed by atoms with Crippen LogP contribution in [0.3, 0.4) is 0 Å². The van der Waals surface area contributed by atoms with Crippen LogP contribution in [0.2, 0.25) is 0 Å². The van der Waals surface area contributed by atoms with Gasteiger partial charge in [0.2, 0.25) is 0 Å². The van der Waals surface area contributed by atoms with Crippen LogP contribution in [-0.4, -0.2) is 31.1 Å². The van der Waals surface area contributed by atoms with E-state index in [-0.39, 0.29) is 24.8 Å². The van der Waals surface area contributed by atoms with E-state index in [9.17, 15) is 0 Å². The largest absolute Gasteiger partial charge is 0.314 e. The lowest BCUT2D eigenvalue weighted by molar-refractivity contribution is 0.185. The molecule has 0 unspecified atom stereocenters. The minimum absolute atomic E-state index is 0. The number of hydrogen-bond donors (Lipinski definition) is 1. The van der Waals surface area contributed by atoms with Gasteiger partial charge in [0.25, 0.3) is 0 Å². The molecule has 1 aliphatic heterocycles. The Bertz CT molecular complexity index is 313. The monoisotopic (exact) mass is 340 g/mol. The molecule has 1 N–H and O–H groups in total. The van der Waals surface area contributed by atoms with Gasteiger partial charge in [0.1, 0.15) is 0 Å². The van der Waals surface area contributed by atoms with Crippen molar-refractivity contribution in [2.45, 2.75) is 13.0 Å². The highest BCUT2D eigenvalue weighted by molar-refractivity contribution is 9.10.